The average molecular weight is 363 g/mol. The summed E-state index contributed by atoms with van der Waals surface area (Å²) in [6.07, 6.45) is 14.3. The number of hydrogen-bond acceptors (Lipinski definition) is 3. The van der Waals surface area contributed by atoms with Crippen LogP contribution in [0.5, 0.6) is 0 Å². The van der Waals surface area contributed by atoms with Crippen LogP contribution >= 0.6 is 17.7 Å². The molecule has 2 N–H and O–H groups in total. The Morgan fingerprint density at radius 3 is 1.77 bits per heavy atom. The van der Waals surface area contributed by atoms with E-state index in [1.165, 1.54) is 57.8 Å². The molecule has 0 saturated heterocycles. The van der Waals surface area contributed by atoms with Crippen LogP contribution in [0.15, 0.2) is 0 Å². The molecule has 0 heterocycles. The van der Waals surface area contributed by atoms with Crippen molar-refractivity contribution in [2.45, 2.75) is 77.6 Å². The third-order valence-corrected chi connectivity index (χ3v) is 3.90. The summed E-state index contributed by atoms with van der Waals surface area (Å²) >= 11 is 0. The van der Waals surface area contributed by atoms with Crippen molar-refractivity contribution < 1.29 is 26.6 Å². The predicted molar refractivity (Wildman–Crippen MR) is 98.5 cm³/mol. The molecular weight excluding hydrogens is 322 g/mol. The fraction of sp³-hybridized carbons (Fsp3) is 1.00. The first-order chi connectivity index (χ1) is 11.1. The molecule has 22 heavy (non-hydrogen) atoms. The maximum absolute atomic E-state index is 10.4. The topological polar surface area (TPSA) is 76.0 Å². The Labute approximate surface area is 142 Å². The Morgan fingerprint density at radius 2 is 1.32 bits per heavy atom. The highest BCUT2D eigenvalue weighted by molar-refractivity contribution is 7.46. The van der Waals surface area contributed by atoms with Crippen LogP contribution < -0.4 is 0 Å². The van der Waals surface area contributed by atoms with E-state index < -0.39 is 7.82 Å². The van der Waals surface area contributed by atoms with Gasteiger partial charge in [-0.3, -0.25) is 4.52 Å². The van der Waals surface area contributed by atoms with E-state index in [0.29, 0.717) is 6.61 Å². The molecule has 1 atom stereocenters. The lowest BCUT2D eigenvalue weighted by Gasteiger charge is -2.06. The van der Waals surface area contributed by atoms with Crippen molar-refractivity contribution in [3.05, 3.63) is 0 Å². The molecule has 0 amide bonds. The SMILES string of the molecule is CCCCCCCCCCCCCOCCOP(=O)(O)O.P.[2H][3H]. The fourth-order valence-corrected chi connectivity index (χ4v) is 2.50. The van der Waals surface area contributed by atoms with Gasteiger partial charge in [0.25, 0.3) is 0 Å². The minimum absolute atomic E-state index is 0. The van der Waals surface area contributed by atoms with Gasteiger partial charge < -0.3 is 14.5 Å². The molecule has 0 radical (unpaired) electrons. The lowest BCUT2D eigenvalue weighted by molar-refractivity contribution is 0.0831. The molecule has 5 nitrogen and oxygen atoms in total. The standard InChI is InChI=1S/C15H33O5P.H3P.H2/c1-2-3-4-5-6-7-8-9-10-11-12-13-19-14-15-20-21(16,17)18;;/h2-15H2,1H3,(H2,16,17,18);1H3;1H/i;;1+2D. The Bertz CT molecular complexity index is 268. The van der Waals surface area contributed by atoms with Crippen LogP contribution in [0.3, 0.4) is 0 Å². The molecule has 0 aromatic heterocycles. The zero-order chi connectivity index (χ0) is 17.8. The first-order valence-electron chi connectivity index (χ1n) is 9.34. The number of unbranched alkanes of at least 4 members (excludes halogenated alkanes) is 10. The number of ether oxygens (including phenoxy) is 1. The number of phosphoric acid groups is 1. The van der Waals surface area contributed by atoms with E-state index in [4.69, 9.17) is 17.5 Å². The van der Waals surface area contributed by atoms with Crippen LogP contribution in [0, 0.1) is 0 Å². The van der Waals surface area contributed by atoms with Crippen molar-refractivity contribution in [3.8, 4) is 0 Å². The highest BCUT2D eigenvalue weighted by Crippen LogP contribution is 2.35. The third-order valence-electron chi connectivity index (χ3n) is 3.38. The molecule has 0 aliphatic carbocycles. The number of hydrogen-bond donors (Lipinski definition) is 2. The zero-order valence-electron chi connectivity index (χ0n) is 16.2. The zero-order valence-corrected chi connectivity index (χ0v) is 16.5. The maximum atomic E-state index is 10.4. The van der Waals surface area contributed by atoms with Crippen LogP contribution in [0.1, 0.15) is 80.5 Å². The minimum atomic E-state index is -4.33. The van der Waals surface area contributed by atoms with Crippen molar-refractivity contribution in [1.82, 2.24) is 0 Å². The van der Waals surface area contributed by atoms with Crippen LogP contribution in [0.2, 0.25) is 0 Å². The molecule has 0 aliphatic rings. The van der Waals surface area contributed by atoms with Gasteiger partial charge in [0, 0.05) is 9.58 Å². The van der Waals surface area contributed by atoms with E-state index in [0.717, 1.165) is 12.8 Å². The van der Waals surface area contributed by atoms with Crippen LogP contribution in [-0.4, -0.2) is 29.6 Å². The molecule has 0 spiro atoms. The van der Waals surface area contributed by atoms with Gasteiger partial charge in [0.15, 0.2) is 0 Å². The first kappa shape index (κ1) is 22.5. The van der Waals surface area contributed by atoms with Gasteiger partial charge in [-0.05, 0) is 6.42 Å². The van der Waals surface area contributed by atoms with Gasteiger partial charge in [0.05, 0.1) is 13.2 Å². The van der Waals surface area contributed by atoms with E-state index in [-0.39, 0.29) is 23.1 Å². The Morgan fingerprint density at radius 1 is 0.864 bits per heavy atom. The second-order valence-electron chi connectivity index (χ2n) is 5.47. The normalized spacial score (nSPS) is 11.8. The van der Waals surface area contributed by atoms with Crippen molar-refractivity contribution in [2.24, 2.45) is 0 Å². The number of phosphoric ester groups is 1. The summed E-state index contributed by atoms with van der Waals surface area (Å²) in [6.45, 7) is 3.07. The molecular formula is C15H38O5P2. The Kier molecular flexibility index (Phi) is 18.3. The van der Waals surface area contributed by atoms with E-state index >= 15 is 0 Å². The van der Waals surface area contributed by atoms with Crippen molar-refractivity contribution in [2.75, 3.05) is 19.8 Å². The van der Waals surface area contributed by atoms with Gasteiger partial charge in [-0.1, -0.05) is 71.1 Å². The molecule has 0 aromatic carbocycles. The minimum Gasteiger partial charge on any atom is -0.379 e. The quantitative estimate of drug-likeness (QED) is 0.306. The van der Waals surface area contributed by atoms with E-state index in [2.05, 4.69) is 11.4 Å². The second-order valence-corrected chi connectivity index (χ2v) is 6.71. The summed E-state index contributed by atoms with van der Waals surface area (Å²) in [7, 11) is -4.33. The molecule has 0 saturated carbocycles. The van der Waals surface area contributed by atoms with E-state index in [1.54, 1.807) is 0 Å². The van der Waals surface area contributed by atoms with Crippen molar-refractivity contribution in [3.63, 3.8) is 0 Å². The molecule has 0 aromatic rings. The summed E-state index contributed by atoms with van der Waals surface area (Å²) in [4.78, 5) is 16.9. The van der Waals surface area contributed by atoms with E-state index in [1.807, 2.05) is 0 Å². The summed E-state index contributed by atoms with van der Waals surface area (Å²) in [6, 6.07) is 0. The van der Waals surface area contributed by atoms with Crippen LogP contribution in [0.4, 0.5) is 0 Å². The van der Waals surface area contributed by atoms with Crippen molar-refractivity contribution in [1.29, 1.82) is 0 Å². The average Bonchev–Trinajstić information content (AvgIpc) is 2.52. The molecule has 7 heteroatoms. The van der Waals surface area contributed by atoms with Gasteiger partial charge in [-0.2, -0.15) is 9.90 Å². The molecule has 0 fully saturated rings. The molecule has 138 valence electrons. The lowest BCUT2D eigenvalue weighted by Crippen LogP contribution is -2.04. The van der Waals surface area contributed by atoms with Crippen LogP contribution in [0.25, 0.3) is 0 Å². The first-order valence-corrected chi connectivity index (χ1v) is 9.87. The largest absolute Gasteiger partial charge is 0.469 e. The molecule has 1 unspecified atom stereocenters. The summed E-state index contributed by atoms with van der Waals surface area (Å²) < 4.78 is 29.9. The monoisotopic (exact) mass is 363 g/mol. The van der Waals surface area contributed by atoms with Gasteiger partial charge in [-0.25, -0.2) is 4.57 Å². The summed E-state index contributed by atoms with van der Waals surface area (Å²) in [5.41, 5.74) is 0. The molecule has 0 rings (SSSR count). The van der Waals surface area contributed by atoms with Gasteiger partial charge >= 0.3 is 7.82 Å². The Hall–Kier alpha value is 0.500. The van der Waals surface area contributed by atoms with Crippen LogP contribution in [-0.2, 0) is 13.8 Å². The van der Waals surface area contributed by atoms with Gasteiger partial charge in [0.2, 0.25) is 0 Å². The Balaban J connectivity index is -0.00000141. The summed E-state index contributed by atoms with van der Waals surface area (Å²) in [5, 5.41) is 0. The number of rotatable bonds is 16. The molecule has 0 aliphatic heterocycles. The second kappa shape index (κ2) is 17.8. The molecule has 0 bridgehead atoms. The highest BCUT2D eigenvalue weighted by Gasteiger charge is 2.12. The van der Waals surface area contributed by atoms with E-state index in [9.17, 15) is 4.57 Å². The highest BCUT2D eigenvalue weighted by atomic mass is 31.2. The fourth-order valence-electron chi connectivity index (χ4n) is 2.19. The lowest BCUT2D eigenvalue weighted by atomic mass is 10.1. The smallest absolute Gasteiger partial charge is 0.379 e. The predicted octanol–water partition coefficient (Wildman–Crippen LogP) is 4.73. The summed E-state index contributed by atoms with van der Waals surface area (Å²) in [5.74, 6) is 0. The maximum Gasteiger partial charge on any atom is 0.469 e. The van der Waals surface area contributed by atoms with Gasteiger partial charge in [0.1, 0.15) is 0 Å². The van der Waals surface area contributed by atoms with Crippen molar-refractivity contribution >= 4 is 17.7 Å². The van der Waals surface area contributed by atoms with Gasteiger partial charge in [-0.15, -0.1) is 0 Å². The third kappa shape index (κ3) is 22.8.